The van der Waals surface area contributed by atoms with Gasteiger partial charge < -0.3 is 5.32 Å². The number of halogens is 2. The first kappa shape index (κ1) is 14.0. The van der Waals surface area contributed by atoms with Crippen LogP contribution in [0.1, 0.15) is 51.0 Å². The van der Waals surface area contributed by atoms with E-state index in [0.717, 1.165) is 31.7 Å². The molecule has 2 atom stereocenters. The van der Waals surface area contributed by atoms with Gasteiger partial charge in [0.15, 0.2) is 0 Å². The molecule has 2 nitrogen and oxygen atoms in total. The van der Waals surface area contributed by atoms with Gasteiger partial charge in [0.2, 0.25) is 5.91 Å². The molecule has 1 N–H and O–H groups in total. The lowest BCUT2D eigenvalue weighted by Gasteiger charge is -2.20. The summed E-state index contributed by atoms with van der Waals surface area (Å²) >= 11 is 0. The van der Waals surface area contributed by atoms with Crippen LogP contribution in [0.5, 0.6) is 0 Å². The Balaban J connectivity index is 2.35. The standard InChI is InChI=1S/C15H19F2NO/c1-3-5-6-9(4-2)13-11-7-10(16)8-12(17)14(11)18-15(13)19/h7-9,13H,3-6H2,1-2H3,(H,18,19). The van der Waals surface area contributed by atoms with Gasteiger partial charge in [-0.1, -0.05) is 33.1 Å². The molecular formula is C15H19F2NO. The maximum Gasteiger partial charge on any atom is 0.232 e. The fourth-order valence-electron chi connectivity index (χ4n) is 2.85. The number of nitrogens with one attached hydrogen (secondary N) is 1. The second-order valence-corrected chi connectivity index (χ2v) is 5.13. The quantitative estimate of drug-likeness (QED) is 0.850. The highest BCUT2D eigenvalue weighted by Crippen LogP contribution is 2.42. The van der Waals surface area contributed by atoms with Crippen molar-refractivity contribution in [3.8, 4) is 0 Å². The highest BCUT2D eigenvalue weighted by Gasteiger charge is 2.37. The minimum absolute atomic E-state index is 0.141. The first-order valence-electron chi connectivity index (χ1n) is 6.88. The maximum absolute atomic E-state index is 13.7. The molecule has 2 rings (SSSR count). The van der Waals surface area contributed by atoms with Crippen molar-refractivity contribution in [1.29, 1.82) is 0 Å². The van der Waals surface area contributed by atoms with Crippen molar-refractivity contribution < 1.29 is 13.6 Å². The fraction of sp³-hybridized carbons (Fsp3) is 0.533. The Hall–Kier alpha value is -1.45. The molecule has 0 saturated carbocycles. The third kappa shape index (κ3) is 2.62. The van der Waals surface area contributed by atoms with Crippen molar-refractivity contribution >= 4 is 11.6 Å². The average molecular weight is 267 g/mol. The lowest BCUT2D eigenvalue weighted by Crippen LogP contribution is -2.20. The highest BCUT2D eigenvalue weighted by atomic mass is 19.1. The monoisotopic (exact) mass is 267 g/mol. The molecule has 0 radical (unpaired) electrons. The van der Waals surface area contributed by atoms with Crippen LogP contribution in [0.2, 0.25) is 0 Å². The van der Waals surface area contributed by atoms with E-state index < -0.39 is 17.6 Å². The normalized spacial score (nSPS) is 19.2. The Morgan fingerprint density at radius 2 is 2.05 bits per heavy atom. The number of hydrogen-bond acceptors (Lipinski definition) is 1. The van der Waals surface area contributed by atoms with Crippen molar-refractivity contribution in [2.75, 3.05) is 5.32 Å². The molecule has 1 aliphatic rings. The second kappa shape index (κ2) is 5.68. The molecule has 0 bridgehead atoms. The minimum atomic E-state index is -0.684. The van der Waals surface area contributed by atoms with Crippen molar-refractivity contribution in [3.63, 3.8) is 0 Å². The average Bonchev–Trinajstić information content (AvgIpc) is 2.68. The number of fused-ring (bicyclic) bond motifs is 1. The maximum atomic E-state index is 13.7. The van der Waals surface area contributed by atoms with Gasteiger partial charge in [-0.3, -0.25) is 4.79 Å². The molecule has 2 unspecified atom stereocenters. The molecular weight excluding hydrogens is 248 g/mol. The van der Waals surface area contributed by atoms with E-state index in [1.165, 1.54) is 6.07 Å². The SMILES string of the molecule is CCCCC(CC)C1C(=O)Nc2c(F)cc(F)cc21. The Morgan fingerprint density at radius 3 is 2.68 bits per heavy atom. The number of carbonyl (C=O) groups is 1. The molecule has 0 spiro atoms. The first-order valence-corrected chi connectivity index (χ1v) is 6.88. The van der Waals surface area contributed by atoms with E-state index in [4.69, 9.17) is 0 Å². The lowest BCUT2D eigenvalue weighted by atomic mass is 9.82. The summed E-state index contributed by atoms with van der Waals surface area (Å²) in [5, 5.41) is 2.55. The van der Waals surface area contributed by atoms with E-state index in [0.29, 0.717) is 5.56 Å². The Morgan fingerprint density at radius 1 is 1.32 bits per heavy atom. The molecule has 104 valence electrons. The molecule has 4 heteroatoms. The number of rotatable bonds is 5. The number of unbranched alkanes of at least 4 members (excludes halogenated alkanes) is 1. The van der Waals surface area contributed by atoms with Crippen LogP contribution in [0.15, 0.2) is 12.1 Å². The van der Waals surface area contributed by atoms with Crippen LogP contribution in [-0.2, 0) is 4.79 Å². The molecule has 0 saturated heterocycles. The Kier molecular flexibility index (Phi) is 4.17. The van der Waals surface area contributed by atoms with Crippen LogP contribution in [0, 0.1) is 17.6 Å². The van der Waals surface area contributed by atoms with Gasteiger partial charge in [0.1, 0.15) is 11.6 Å². The minimum Gasteiger partial charge on any atom is -0.323 e. The van der Waals surface area contributed by atoms with Gasteiger partial charge in [-0.05, 0) is 24.0 Å². The van der Waals surface area contributed by atoms with Gasteiger partial charge in [0.25, 0.3) is 0 Å². The van der Waals surface area contributed by atoms with Gasteiger partial charge >= 0.3 is 0 Å². The van der Waals surface area contributed by atoms with E-state index in [9.17, 15) is 13.6 Å². The molecule has 0 aliphatic carbocycles. The summed E-state index contributed by atoms with van der Waals surface area (Å²) in [5.41, 5.74) is 0.636. The molecule has 1 aliphatic heterocycles. The predicted molar refractivity (Wildman–Crippen MR) is 71.0 cm³/mol. The van der Waals surface area contributed by atoms with E-state index in [1.54, 1.807) is 0 Å². The molecule has 1 aromatic rings. The second-order valence-electron chi connectivity index (χ2n) is 5.13. The molecule has 0 fully saturated rings. The summed E-state index contributed by atoms with van der Waals surface area (Å²) in [4.78, 5) is 12.1. The van der Waals surface area contributed by atoms with Crippen LogP contribution >= 0.6 is 0 Å². The van der Waals surface area contributed by atoms with Gasteiger partial charge in [-0.15, -0.1) is 0 Å². The summed E-state index contributed by atoms with van der Waals surface area (Å²) in [6, 6.07) is 2.10. The summed E-state index contributed by atoms with van der Waals surface area (Å²) in [6.07, 6.45) is 3.81. The third-order valence-electron chi connectivity index (χ3n) is 3.88. The van der Waals surface area contributed by atoms with Crippen LogP contribution < -0.4 is 5.32 Å². The lowest BCUT2D eigenvalue weighted by molar-refractivity contribution is -0.118. The third-order valence-corrected chi connectivity index (χ3v) is 3.88. The molecule has 0 aromatic heterocycles. The van der Waals surface area contributed by atoms with E-state index in [1.807, 2.05) is 6.92 Å². The smallest absolute Gasteiger partial charge is 0.232 e. The molecule has 1 aromatic carbocycles. The number of benzene rings is 1. The van der Waals surface area contributed by atoms with Gasteiger partial charge in [-0.25, -0.2) is 8.78 Å². The predicted octanol–water partition coefficient (Wildman–Crippen LogP) is 4.22. The summed E-state index contributed by atoms with van der Waals surface area (Å²) in [7, 11) is 0. The zero-order chi connectivity index (χ0) is 14.0. The zero-order valence-electron chi connectivity index (χ0n) is 11.3. The first-order chi connectivity index (χ1) is 9.08. The van der Waals surface area contributed by atoms with Crippen molar-refractivity contribution in [2.24, 2.45) is 5.92 Å². The number of carbonyl (C=O) groups excluding carboxylic acids is 1. The number of anilines is 1. The van der Waals surface area contributed by atoms with Crippen LogP contribution in [0.3, 0.4) is 0 Å². The zero-order valence-corrected chi connectivity index (χ0v) is 11.3. The Labute approximate surface area is 112 Å². The van der Waals surface area contributed by atoms with Crippen molar-refractivity contribution in [3.05, 3.63) is 29.3 Å². The summed E-state index contributed by atoms with van der Waals surface area (Å²) in [5.74, 6) is -1.79. The van der Waals surface area contributed by atoms with Crippen molar-refractivity contribution in [1.82, 2.24) is 0 Å². The Bertz CT molecular complexity index is 487. The van der Waals surface area contributed by atoms with E-state index in [-0.39, 0.29) is 17.5 Å². The fourth-order valence-corrected chi connectivity index (χ4v) is 2.85. The topological polar surface area (TPSA) is 29.1 Å². The number of amides is 1. The van der Waals surface area contributed by atoms with E-state index >= 15 is 0 Å². The molecule has 1 heterocycles. The summed E-state index contributed by atoms with van der Waals surface area (Å²) in [6.45, 7) is 4.11. The van der Waals surface area contributed by atoms with Crippen molar-refractivity contribution in [2.45, 2.75) is 45.4 Å². The van der Waals surface area contributed by atoms with Gasteiger partial charge in [-0.2, -0.15) is 0 Å². The van der Waals surface area contributed by atoms with Gasteiger partial charge in [0, 0.05) is 6.07 Å². The van der Waals surface area contributed by atoms with Crippen LogP contribution in [-0.4, -0.2) is 5.91 Å². The molecule has 1 amide bonds. The van der Waals surface area contributed by atoms with Gasteiger partial charge in [0.05, 0.1) is 11.6 Å². The van der Waals surface area contributed by atoms with Crippen LogP contribution in [0.25, 0.3) is 0 Å². The van der Waals surface area contributed by atoms with Crippen LogP contribution in [0.4, 0.5) is 14.5 Å². The van der Waals surface area contributed by atoms with E-state index in [2.05, 4.69) is 12.2 Å². The summed E-state index contributed by atoms with van der Waals surface area (Å²) < 4.78 is 27.0. The largest absolute Gasteiger partial charge is 0.323 e. The number of hydrogen-bond donors (Lipinski definition) is 1. The highest BCUT2D eigenvalue weighted by molar-refractivity contribution is 6.03. The molecule has 19 heavy (non-hydrogen) atoms.